The maximum Gasteiger partial charge on any atom is 0.251 e. The normalized spacial score (nSPS) is 13.1. The Kier molecular flexibility index (Phi) is 6.19. The molecule has 1 unspecified atom stereocenters. The molecule has 0 bridgehead atoms. The van der Waals surface area contributed by atoms with Crippen LogP contribution in [-0.4, -0.2) is 19.1 Å². The quantitative estimate of drug-likeness (QED) is 0.210. The number of thiazole rings is 1. The number of alkyl halides is 1. The van der Waals surface area contributed by atoms with E-state index in [2.05, 4.69) is 11.1 Å². The zero-order chi connectivity index (χ0) is 26.4. The van der Waals surface area contributed by atoms with Gasteiger partial charge in [0.2, 0.25) is 0 Å². The third kappa shape index (κ3) is 4.06. The zero-order valence-corrected chi connectivity index (χ0v) is 22.9. The van der Waals surface area contributed by atoms with Gasteiger partial charge in [0.1, 0.15) is 9.88 Å². The Morgan fingerprint density at radius 1 is 0.921 bits per heavy atom. The summed E-state index contributed by atoms with van der Waals surface area (Å²) < 4.78 is 3.57. The van der Waals surface area contributed by atoms with E-state index < -0.39 is 4.87 Å². The van der Waals surface area contributed by atoms with Crippen LogP contribution in [0.15, 0.2) is 102 Å². The lowest BCUT2D eigenvalue weighted by atomic mass is 9.86. The highest BCUT2D eigenvalue weighted by molar-refractivity contribution is 7.13. The molecule has 8 heteroatoms. The Morgan fingerprint density at radius 3 is 2.37 bits per heavy atom. The SMILES string of the molecule is Cn1cncc1C(Cl)(c1ccc(Cl)cc1)c1ccc2c(c1)c(-c1nc(-c3ccccc3)cs1)cc(=O)n2C. The van der Waals surface area contributed by atoms with E-state index in [1.54, 1.807) is 30.2 Å². The zero-order valence-electron chi connectivity index (χ0n) is 20.6. The summed E-state index contributed by atoms with van der Waals surface area (Å²) in [6.45, 7) is 0. The molecule has 0 aliphatic carbocycles. The molecule has 3 aromatic carbocycles. The first-order chi connectivity index (χ1) is 18.4. The standard InChI is InChI=1S/C30H22Cl2N4OS/c1-35-18-33-16-27(35)30(32,20-8-11-22(31)12-9-20)21-10-13-26-23(14-21)24(15-28(37)36(26)2)29-34-25(17-38-29)19-6-4-3-5-7-19/h3-18H,1-2H3. The molecule has 0 fully saturated rings. The minimum atomic E-state index is -1.05. The van der Waals surface area contributed by atoms with E-state index >= 15 is 0 Å². The summed E-state index contributed by atoms with van der Waals surface area (Å²) in [7, 11) is 3.70. The topological polar surface area (TPSA) is 52.7 Å². The molecule has 0 radical (unpaired) electrons. The average Bonchev–Trinajstić information content (AvgIpc) is 3.61. The second-order valence-corrected chi connectivity index (χ2v) is 11.0. The fourth-order valence-corrected chi connectivity index (χ4v) is 6.23. The number of nitrogens with zero attached hydrogens (tertiary/aromatic N) is 4. The average molecular weight is 558 g/mol. The number of aryl methyl sites for hydroxylation is 2. The van der Waals surface area contributed by atoms with Gasteiger partial charge in [0, 0.05) is 47.1 Å². The molecule has 0 N–H and O–H groups in total. The molecule has 188 valence electrons. The number of fused-ring (bicyclic) bond motifs is 1. The molecule has 0 aliphatic rings. The van der Waals surface area contributed by atoms with Gasteiger partial charge in [-0.1, -0.05) is 60.1 Å². The second kappa shape index (κ2) is 9.55. The van der Waals surface area contributed by atoms with Crippen molar-refractivity contribution >= 4 is 45.4 Å². The van der Waals surface area contributed by atoms with Crippen LogP contribution in [0.3, 0.4) is 0 Å². The molecule has 5 nitrogen and oxygen atoms in total. The lowest BCUT2D eigenvalue weighted by molar-refractivity contribution is 0.746. The summed E-state index contributed by atoms with van der Waals surface area (Å²) in [4.78, 5) is 21.2. The van der Waals surface area contributed by atoms with E-state index in [0.717, 1.165) is 49.6 Å². The van der Waals surface area contributed by atoms with Gasteiger partial charge < -0.3 is 9.13 Å². The Labute approximate surface area is 233 Å². The summed E-state index contributed by atoms with van der Waals surface area (Å²) in [5.74, 6) is 0. The van der Waals surface area contributed by atoms with E-state index in [1.165, 1.54) is 11.3 Å². The fourth-order valence-electron chi connectivity index (χ4n) is 4.82. The number of hydrogen-bond donors (Lipinski definition) is 0. The van der Waals surface area contributed by atoms with Gasteiger partial charge in [0.15, 0.2) is 0 Å². The molecule has 3 aromatic heterocycles. The van der Waals surface area contributed by atoms with Gasteiger partial charge in [-0.25, -0.2) is 9.97 Å². The van der Waals surface area contributed by atoms with E-state index in [1.807, 2.05) is 83.7 Å². The molecular formula is C30H22Cl2N4OS. The summed E-state index contributed by atoms with van der Waals surface area (Å²) >= 11 is 15.3. The van der Waals surface area contributed by atoms with Crippen molar-refractivity contribution in [2.75, 3.05) is 0 Å². The molecule has 0 aliphatic heterocycles. The highest BCUT2D eigenvalue weighted by Gasteiger charge is 2.37. The number of benzene rings is 3. The van der Waals surface area contributed by atoms with E-state index in [4.69, 9.17) is 28.2 Å². The molecule has 3 heterocycles. The van der Waals surface area contributed by atoms with Crippen molar-refractivity contribution in [2.24, 2.45) is 14.1 Å². The lowest BCUT2D eigenvalue weighted by Gasteiger charge is -2.29. The first-order valence-corrected chi connectivity index (χ1v) is 13.6. The van der Waals surface area contributed by atoms with Crippen molar-refractivity contribution in [3.63, 3.8) is 0 Å². The first-order valence-electron chi connectivity index (χ1n) is 11.9. The molecular weight excluding hydrogens is 535 g/mol. The molecule has 0 saturated heterocycles. The van der Waals surface area contributed by atoms with E-state index in [-0.39, 0.29) is 5.56 Å². The van der Waals surface area contributed by atoms with Gasteiger partial charge in [-0.2, -0.15) is 0 Å². The van der Waals surface area contributed by atoms with Crippen LogP contribution < -0.4 is 5.56 Å². The number of pyridine rings is 1. The molecule has 38 heavy (non-hydrogen) atoms. The Morgan fingerprint density at radius 2 is 1.66 bits per heavy atom. The van der Waals surface area contributed by atoms with Crippen LogP contribution in [0.2, 0.25) is 5.02 Å². The van der Waals surface area contributed by atoms with Gasteiger partial charge >= 0.3 is 0 Å². The van der Waals surface area contributed by atoms with Crippen LogP contribution in [0.5, 0.6) is 0 Å². The summed E-state index contributed by atoms with van der Waals surface area (Å²) in [5, 5.41) is 4.31. The van der Waals surface area contributed by atoms with Crippen LogP contribution in [0.1, 0.15) is 16.8 Å². The number of hydrogen-bond acceptors (Lipinski definition) is 4. The lowest BCUT2D eigenvalue weighted by Crippen LogP contribution is -2.25. The molecule has 0 spiro atoms. The fraction of sp³-hybridized carbons (Fsp3) is 0.100. The van der Waals surface area contributed by atoms with Crippen molar-refractivity contribution in [1.82, 2.24) is 19.1 Å². The maximum absolute atomic E-state index is 13.0. The van der Waals surface area contributed by atoms with Crippen molar-refractivity contribution in [1.29, 1.82) is 0 Å². The number of halogens is 2. The molecule has 0 saturated carbocycles. The molecule has 6 rings (SSSR count). The Bertz CT molecular complexity index is 1840. The maximum atomic E-state index is 13.0. The minimum Gasteiger partial charge on any atom is -0.336 e. The monoisotopic (exact) mass is 556 g/mol. The third-order valence-electron chi connectivity index (χ3n) is 6.86. The van der Waals surface area contributed by atoms with Crippen LogP contribution in [-0.2, 0) is 19.0 Å². The summed E-state index contributed by atoms with van der Waals surface area (Å²) in [6, 6.07) is 25.2. The third-order valence-corrected chi connectivity index (χ3v) is 8.62. The van der Waals surface area contributed by atoms with Gasteiger partial charge in [-0.3, -0.25) is 4.79 Å². The van der Waals surface area contributed by atoms with Crippen LogP contribution in [0.4, 0.5) is 0 Å². The Balaban J connectivity index is 1.60. The molecule has 0 amide bonds. The minimum absolute atomic E-state index is 0.0989. The molecule has 6 aromatic rings. The highest BCUT2D eigenvalue weighted by atomic mass is 35.5. The van der Waals surface area contributed by atoms with Crippen LogP contribution >= 0.6 is 34.5 Å². The molecule has 1 atom stereocenters. The van der Waals surface area contributed by atoms with Crippen molar-refractivity contribution in [2.45, 2.75) is 4.87 Å². The number of aromatic nitrogens is 4. The predicted octanol–water partition coefficient (Wildman–Crippen LogP) is 7.25. The van der Waals surface area contributed by atoms with Crippen molar-refractivity contribution in [3.05, 3.63) is 129 Å². The van der Waals surface area contributed by atoms with E-state index in [9.17, 15) is 4.79 Å². The van der Waals surface area contributed by atoms with E-state index in [0.29, 0.717) is 5.02 Å². The first kappa shape index (κ1) is 24.6. The van der Waals surface area contributed by atoms with Gasteiger partial charge in [-0.05, 0) is 35.4 Å². The predicted molar refractivity (Wildman–Crippen MR) is 156 cm³/mol. The number of rotatable bonds is 5. The van der Waals surface area contributed by atoms with Gasteiger partial charge in [-0.15, -0.1) is 22.9 Å². The number of imidazole rings is 1. The second-order valence-electron chi connectivity index (χ2n) is 9.15. The van der Waals surface area contributed by atoms with Crippen molar-refractivity contribution in [3.8, 4) is 21.8 Å². The van der Waals surface area contributed by atoms with Gasteiger partial charge in [0.25, 0.3) is 5.56 Å². The Hall–Kier alpha value is -3.71. The largest absolute Gasteiger partial charge is 0.336 e. The summed E-state index contributed by atoms with van der Waals surface area (Å²) in [5.41, 5.74) is 5.90. The van der Waals surface area contributed by atoms with Crippen LogP contribution in [0.25, 0.3) is 32.7 Å². The van der Waals surface area contributed by atoms with Crippen molar-refractivity contribution < 1.29 is 0 Å². The van der Waals surface area contributed by atoms with Gasteiger partial charge in [0.05, 0.1) is 29.4 Å². The van der Waals surface area contributed by atoms with Crippen LogP contribution in [0, 0.1) is 0 Å². The summed E-state index contributed by atoms with van der Waals surface area (Å²) in [6.07, 6.45) is 3.51. The smallest absolute Gasteiger partial charge is 0.251 e. The highest BCUT2D eigenvalue weighted by Crippen LogP contribution is 2.45.